The van der Waals surface area contributed by atoms with Crippen molar-refractivity contribution >= 4 is 27.3 Å². The molecule has 0 aliphatic heterocycles. The van der Waals surface area contributed by atoms with Crippen LogP contribution in [0.15, 0.2) is 23.1 Å². The van der Waals surface area contributed by atoms with E-state index in [2.05, 4.69) is 0 Å². The van der Waals surface area contributed by atoms with Crippen molar-refractivity contribution in [1.82, 2.24) is 0 Å². The summed E-state index contributed by atoms with van der Waals surface area (Å²) in [5, 5.41) is 0. The van der Waals surface area contributed by atoms with Crippen LogP contribution in [-0.4, -0.2) is 25.7 Å². The first-order valence-corrected chi connectivity index (χ1v) is 7.95. The number of nitrogen functional groups attached to an aromatic ring is 1. The second-order valence-electron chi connectivity index (χ2n) is 3.49. The van der Waals surface area contributed by atoms with Crippen LogP contribution < -0.4 is 5.73 Å². The molecule has 16 heavy (non-hydrogen) atoms. The summed E-state index contributed by atoms with van der Waals surface area (Å²) in [6.07, 6.45) is 0. The van der Waals surface area contributed by atoms with Gasteiger partial charge in [-0.25, -0.2) is 8.42 Å². The lowest BCUT2D eigenvalue weighted by atomic mass is 10.2. The average Bonchev–Trinajstić information content (AvgIpc) is 2.22. The highest BCUT2D eigenvalue weighted by molar-refractivity contribution is 8.00. The molecular formula is C11H17NO2S2. The molecule has 0 bridgehead atoms. The lowest BCUT2D eigenvalue weighted by molar-refractivity contribution is 0.597. The Kier molecular flexibility index (Phi) is 4.68. The smallest absolute Gasteiger partial charge is 0.179 e. The summed E-state index contributed by atoms with van der Waals surface area (Å²) in [4.78, 5) is 0.365. The molecule has 0 amide bonds. The molecule has 3 nitrogen and oxygen atoms in total. The SMILES string of the molecule is CCSCCS(=O)(=O)c1cccc(N)c1C. The first-order valence-electron chi connectivity index (χ1n) is 5.14. The number of nitrogens with two attached hydrogens (primary N) is 1. The third kappa shape index (κ3) is 3.15. The normalized spacial score (nSPS) is 11.6. The van der Waals surface area contributed by atoms with Crippen LogP contribution >= 0.6 is 11.8 Å². The van der Waals surface area contributed by atoms with Gasteiger partial charge in [0.15, 0.2) is 9.84 Å². The van der Waals surface area contributed by atoms with Crippen molar-refractivity contribution < 1.29 is 8.42 Å². The minimum atomic E-state index is -3.19. The lowest BCUT2D eigenvalue weighted by Crippen LogP contribution is -2.11. The van der Waals surface area contributed by atoms with Gasteiger partial charge in [0.2, 0.25) is 0 Å². The summed E-state index contributed by atoms with van der Waals surface area (Å²) in [5.41, 5.74) is 6.89. The number of hydrogen-bond donors (Lipinski definition) is 1. The van der Waals surface area contributed by atoms with Gasteiger partial charge >= 0.3 is 0 Å². The predicted molar refractivity (Wildman–Crippen MR) is 70.6 cm³/mol. The molecule has 0 saturated carbocycles. The van der Waals surface area contributed by atoms with E-state index in [1.54, 1.807) is 36.9 Å². The number of benzene rings is 1. The van der Waals surface area contributed by atoms with Gasteiger partial charge in [-0.1, -0.05) is 13.0 Å². The molecule has 0 saturated heterocycles. The third-order valence-corrected chi connectivity index (χ3v) is 5.38. The molecule has 0 radical (unpaired) electrons. The minimum absolute atomic E-state index is 0.176. The van der Waals surface area contributed by atoms with Crippen LogP contribution in [-0.2, 0) is 9.84 Å². The largest absolute Gasteiger partial charge is 0.398 e. The van der Waals surface area contributed by atoms with Gasteiger partial charge in [-0.15, -0.1) is 0 Å². The fraction of sp³-hybridized carbons (Fsp3) is 0.455. The quantitative estimate of drug-likeness (QED) is 0.650. The van der Waals surface area contributed by atoms with Gasteiger partial charge in [0.25, 0.3) is 0 Å². The van der Waals surface area contributed by atoms with Crippen molar-refractivity contribution in [2.75, 3.05) is 23.0 Å². The Balaban J connectivity index is 2.94. The van der Waals surface area contributed by atoms with Gasteiger partial charge in [0.05, 0.1) is 10.6 Å². The summed E-state index contributed by atoms with van der Waals surface area (Å²) in [5.74, 6) is 1.74. The molecular weight excluding hydrogens is 242 g/mol. The van der Waals surface area contributed by atoms with E-state index in [0.717, 1.165) is 5.75 Å². The Morgan fingerprint density at radius 3 is 2.69 bits per heavy atom. The molecule has 5 heteroatoms. The molecule has 0 aliphatic rings. The number of thioether (sulfide) groups is 1. The van der Waals surface area contributed by atoms with Crippen LogP contribution in [0.4, 0.5) is 5.69 Å². The van der Waals surface area contributed by atoms with Gasteiger partial charge in [-0.05, 0) is 30.4 Å². The highest BCUT2D eigenvalue weighted by atomic mass is 32.2. The van der Waals surface area contributed by atoms with E-state index in [4.69, 9.17) is 5.73 Å². The highest BCUT2D eigenvalue weighted by Crippen LogP contribution is 2.22. The van der Waals surface area contributed by atoms with Crippen molar-refractivity contribution in [2.24, 2.45) is 0 Å². The van der Waals surface area contributed by atoms with E-state index in [0.29, 0.717) is 21.9 Å². The molecule has 1 aromatic rings. The first-order chi connectivity index (χ1) is 7.49. The van der Waals surface area contributed by atoms with Gasteiger partial charge in [-0.3, -0.25) is 0 Å². The molecule has 0 atom stereocenters. The van der Waals surface area contributed by atoms with Crippen molar-refractivity contribution in [1.29, 1.82) is 0 Å². The Bertz CT molecular complexity index is 455. The fourth-order valence-corrected chi connectivity index (χ4v) is 4.12. The Labute approximate surface area is 101 Å². The Morgan fingerprint density at radius 2 is 2.06 bits per heavy atom. The number of rotatable bonds is 5. The van der Waals surface area contributed by atoms with Crippen molar-refractivity contribution in [3.05, 3.63) is 23.8 Å². The molecule has 0 unspecified atom stereocenters. The van der Waals surface area contributed by atoms with Crippen molar-refractivity contribution in [3.8, 4) is 0 Å². The zero-order chi connectivity index (χ0) is 12.2. The molecule has 2 N–H and O–H groups in total. The van der Waals surface area contributed by atoms with Crippen LogP contribution in [0.3, 0.4) is 0 Å². The lowest BCUT2D eigenvalue weighted by Gasteiger charge is -2.09. The minimum Gasteiger partial charge on any atom is -0.398 e. The summed E-state index contributed by atoms with van der Waals surface area (Å²) in [7, 11) is -3.19. The zero-order valence-corrected chi connectivity index (χ0v) is 11.2. The topological polar surface area (TPSA) is 60.2 Å². The molecule has 90 valence electrons. The van der Waals surface area contributed by atoms with E-state index in [1.165, 1.54) is 0 Å². The predicted octanol–water partition coefficient (Wildman–Crippen LogP) is 2.10. The molecule has 0 fully saturated rings. The number of anilines is 1. The number of hydrogen-bond acceptors (Lipinski definition) is 4. The molecule has 0 heterocycles. The third-order valence-electron chi connectivity index (χ3n) is 2.36. The second kappa shape index (κ2) is 5.59. The number of sulfone groups is 1. The monoisotopic (exact) mass is 259 g/mol. The fourth-order valence-electron chi connectivity index (χ4n) is 1.39. The molecule has 0 aliphatic carbocycles. The Hall–Kier alpha value is -0.680. The van der Waals surface area contributed by atoms with Crippen LogP contribution in [0, 0.1) is 6.92 Å². The van der Waals surface area contributed by atoms with E-state index in [9.17, 15) is 8.42 Å². The Morgan fingerprint density at radius 1 is 1.38 bits per heavy atom. The van der Waals surface area contributed by atoms with Gasteiger partial charge < -0.3 is 5.73 Å². The summed E-state index contributed by atoms with van der Waals surface area (Å²) in [6.45, 7) is 3.76. The first kappa shape index (κ1) is 13.4. The second-order valence-corrected chi connectivity index (χ2v) is 6.96. The average molecular weight is 259 g/mol. The van der Waals surface area contributed by atoms with Crippen LogP contribution in [0.5, 0.6) is 0 Å². The van der Waals surface area contributed by atoms with Crippen LogP contribution in [0.2, 0.25) is 0 Å². The molecule has 0 aromatic heterocycles. The van der Waals surface area contributed by atoms with Crippen molar-refractivity contribution in [3.63, 3.8) is 0 Å². The highest BCUT2D eigenvalue weighted by Gasteiger charge is 2.17. The maximum absolute atomic E-state index is 12.0. The zero-order valence-electron chi connectivity index (χ0n) is 9.56. The van der Waals surface area contributed by atoms with Crippen LogP contribution in [0.1, 0.15) is 12.5 Å². The maximum atomic E-state index is 12.0. The van der Waals surface area contributed by atoms with Crippen molar-refractivity contribution in [2.45, 2.75) is 18.7 Å². The van der Waals surface area contributed by atoms with E-state index < -0.39 is 9.84 Å². The summed E-state index contributed by atoms with van der Waals surface area (Å²) >= 11 is 1.63. The molecule has 1 aromatic carbocycles. The van der Waals surface area contributed by atoms with E-state index >= 15 is 0 Å². The summed E-state index contributed by atoms with van der Waals surface area (Å²) < 4.78 is 24.0. The van der Waals surface area contributed by atoms with E-state index in [-0.39, 0.29) is 5.75 Å². The van der Waals surface area contributed by atoms with Gasteiger partial charge in [0, 0.05) is 11.4 Å². The molecule has 0 spiro atoms. The standard InChI is InChI=1S/C11H17NO2S2/c1-3-15-7-8-16(13,14)11-6-4-5-10(12)9(11)2/h4-6H,3,7-8,12H2,1-2H3. The van der Waals surface area contributed by atoms with Gasteiger partial charge in [-0.2, -0.15) is 11.8 Å². The maximum Gasteiger partial charge on any atom is 0.179 e. The van der Waals surface area contributed by atoms with E-state index in [1.807, 2.05) is 6.92 Å². The van der Waals surface area contributed by atoms with Gasteiger partial charge in [0.1, 0.15) is 0 Å². The summed E-state index contributed by atoms with van der Waals surface area (Å²) in [6, 6.07) is 5.02. The van der Waals surface area contributed by atoms with Crippen LogP contribution in [0.25, 0.3) is 0 Å². The molecule has 1 rings (SSSR count).